The Morgan fingerprint density at radius 3 is 2.54 bits per heavy atom. The van der Waals surface area contributed by atoms with Crippen molar-refractivity contribution < 1.29 is 14.3 Å². The standard InChI is InChI=1S/C20H20N2O3S/c23-18(22-10-12-24-13-11-22)14-20(15-6-2-1-3-7-15)16-8-4-5-9-17(16)21-19(26)25-20/h1-9H,10-14H2,(H,21,26). The molecule has 0 saturated carbocycles. The van der Waals surface area contributed by atoms with E-state index in [0.29, 0.717) is 26.3 Å². The lowest BCUT2D eigenvalue weighted by molar-refractivity contribution is -0.139. The third kappa shape index (κ3) is 3.06. The summed E-state index contributed by atoms with van der Waals surface area (Å²) >= 11 is 5.36. The van der Waals surface area contributed by atoms with Gasteiger partial charge in [-0.15, -0.1) is 0 Å². The van der Waals surface area contributed by atoms with Crippen molar-refractivity contribution >= 4 is 29.0 Å². The number of ether oxygens (including phenoxy) is 2. The first kappa shape index (κ1) is 17.0. The van der Waals surface area contributed by atoms with Crippen LogP contribution in [-0.2, 0) is 19.9 Å². The highest BCUT2D eigenvalue weighted by Gasteiger charge is 2.45. The van der Waals surface area contributed by atoms with E-state index in [0.717, 1.165) is 16.8 Å². The minimum absolute atomic E-state index is 0.0386. The second kappa shape index (κ2) is 7.05. The number of carbonyl (C=O) groups excluding carboxylic acids is 1. The minimum Gasteiger partial charge on any atom is -0.454 e. The molecular formula is C20H20N2O3S. The number of fused-ring (bicyclic) bond motifs is 1. The molecule has 0 aromatic heterocycles. The van der Waals surface area contributed by atoms with Crippen LogP contribution in [0.25, 0.3) is 0 Å². The highest BCUT2D eigenvalue weighted by Crippen LogP contribution is 2.44. The highest BCUT2D eigenvalue weighted by molar-refractivity contribution is 7.80. The average molecular weight is 368 g/mol. The third-order valence-electron chi connectivity index (χ3n) is 4.87. The Morgan fingerprint density at radius 1 is 1.08 bits per heavy atom. The van der Waals surface area contributed by atoms with Gasteiger partial charge < -0.3 is 19.7 Å². The Hall–Kier alpha value is -2.44. The van der Waals surface area contributed by atoms with E-state index in [-0.39, 0.29) is 17.5 Å². The zero-order valence-corrected chi connectivity index (χ0v) is 15.1. The Bertz CT molecular complexity index is 821. The fourth-order valence-electron chi connectivity index (χ4n) is 3.59. The van der Waals surface area contributed by atoms with Crippen molar-refractivity contribution in [1.29, 1.82) is 0 Å². The van der Waals surface area contributed by atoms with Gasteiger partial charge in [-0.2, -0.15) is 0 Å². The van der Waals surface area contributed by atoms with Crippen LogP contribution in [0, 0.1) is 0 Å². The van der Waals surface area contributed by atoms with Gasteiger partial charge in [-0.1, -0.05) is 48.5 Å². The van der Waals surface area contributed by atoms with Gasteiger partial charge in [-0.3, -0.25) is 4.79 Å². The maximum Gasteiger partial charge on any atom is 0.262 e. The van der Waals surface area contributed by atoms with Crippen molar-refractivity contribution in [2.45, 2.75) is 12.0 Å². The van der Waals surface area contributed by atoms with E-state index >= 15 is 0 Å². The molecule has 1 unspecified atom stereocenters. The van der Waals surface area contributed by atoms with Crippen LogP contribution in [-0.4, -0.2) is 42.3 Å². The maximum atomic E-state index is 13.1. The first-order valence-electron chi connectivity index (χ1n) is 8.70. The van der Waals surface area contributed by atoms with Crippen LogP contribution in [0.2, 0.25) is 0 Å². The zero-order chi connectivity index (χ0) is 18.0. The number of amides is 1. The predicted octanol–water partition coefficient (Wildman–Crippen LogP) is 2.91. The number of hydrogen-bond donors (Lipinski definition) is 1. The number of carbonyl (C=O) groups is 1. The predicted molar refractivity (Wildman–Crippen MR) is 103 cm³/mol. The molecule has 0 bridgehead atoms. The van der Waals surface area contributed by atoms with E-state index in [1.165, 1.54) is 0 Å². The molecule has 0 radical (unpaired) electrons. The number of nitrogens with zero attached hydrogens (tertiary/aromatic N) is 1. The molecule has 4 rings (SSSR count). The molecule has 1 fully saturated rings. The lowest BCUT2D eigenvalue weighted by Gasteiger charge is -2.41. The summed E-state index contributed by atoms with van der Waals surface area (Å²) in [5.74, 6) is 0.0386. The molecule has 5 nitrogen and oxygen atoms in total. The summed E-state index contributed by atoms with van der Waals surface area (Å²) in [5.41, 5.74) is 1.77. The van der Waals surface area contributed by atoms with E-state index in [1.54, 1.807) is 0 Å². The molecule has 1 saturated heterocycles. The van der Waals surface area contributed by atoms with Crippen LogP contribution in [0.5, 0.6) is 0 Å². The van der Waals surface area contributed by atoms with Gasteiger partial charge in [-0.25, -0.2) is 0 Å². The normalized spacial score (nSPS) is 22.2. The van der Waals surface area contributed by atoms with Crippen LogP contribution in [0.3, 0.4) is 0 Å². The molecule has 2 aliphatic rings. The number of rotatable bonds is 3. The lowest BCUT2D eigenvalue weighted by Crippen LogP contribution is -2.47. The first-order valence-corrected chi connectivity index (χ1v) is 9.10. The first-order chi connectivity index (χ1) is 12.7. The Labute approximate surface area is 157 Å². The van der Waals surface area contributed by atoms with E-state index < -0.39 is 5.60 Å². The molecular weight excluding hydrogens is 348 g/mol. The summed E-state index contributed by atoms with van der Waals surface area (Å²) in [6.07, 6.45) is 0.190. The fourth-order valence-corrected chi connectivity index (χ4v) is 3.84. The molecule has 2 aromatic carbocycles. The molecule has 2 aliphatic heterocycles. The topological polar surface area (TPSA) is 50.8 Å². The van der Waals surface area contributed by atoms with E-state index in [2.05, 4.69) is 5.32 Å². The highest BCUT2D eigenvalue weighted by atomic mass is 32.1. The lowest BCUT2D eigenvalue weighted by atomic mass is 9.81. The number of thiocarbonyl (C=S) groups is 1. The molecule has 134 valence electrons. The van der Waals surface area contributed by atoms with Gasteiger partial charge in [0.2, 0.25) is 5.91 Å². The van der Waals surface area contributed by atoms with Crippen molar-refractivity contribution in [3.05, 3.63) is 65.7 Å². The molecule has 2 heterocycles. The number of hydrogen-bond acceptors (Lipinski definition) is 4. The summed E-state index contributed by atoms with van der Waals surface area (Å²) < 4.78 is 11.6. The molecule has 2 aromatic rings. The van der Waals surface area contributed by atoms with Gasteiger partial charge in [0.15, 0.2) is 5.60 Å². The van der Waals surface area contributed by atoms with Crippen molar-refractivity contribution in [3.63, 3.8) is 0 Å². The molecule has 6 heteroatoms. The summed E-state index contributed by atoms with van der Waals surface area (Å²) in [6.45, 7) is 2.35. The number of benzene rings is 2. The number of para-hydroxylation sites is 1. The Morgan fingerprint density at radius 2 is 1.77 bits per heavy atom. The van der Waals surface area contributed by atoms with Crippen LogP contribution in [0.15, 0.2) is 54.6 Å². The summed E-state index contributed by atoms with van der Waals surface area (Å²) in [5, 5.41) is 3.38. The van der Waals surface area contributed by atoms with Gasteiger partial charge >= 0.3 is 0 Å². The monoisotopic (exact) mass is 368 g/mol. The van der Waals surface area contributed by atoms with Crippen molar-refractivity contribution in [2.75, 3.05) is 31.6 Å². The molecule has 0 spiro atoms. The van der Waals surface area contributed by atoms with Crippen LogP contribution >= 0.6 is 12.2 Å². The Balaban J connectivity index is 1.79. The molecule has 1 atom stereocenters. The van der Waals surface area contributed by atoms with Gasteiger partial charge in [-0.05, 0) is 18.3 Å². The minimum atomic E-state index is -0.935. The molecule has 26 heavy (non-hydrogen) atoms. The largest absolute Gasteiger partial charge is 0.454 e. The smallest absolute Gasteiger partial charge is 0.262 e. The summed E-state index contributed by atoms with van der Waals surface area (Å²) in [7, 11) is 0. The van der Waals surface area contributed by atoms with Gasteiger partial charge in [0.05, 0.1) is 19.6 Å². The number of morpholine rings is 1. The van der Waals surface area contributed by atoms with Crippen molar-refractivity contribution in [2.24, 2.45) is 0 Å². The van der Waals surface area contributed by atoms with E-state index in [9.17, 15) is 4.79 Å². The van der Waals surface area contributed by atoms with Crippen LogP contribution < -0.4 is 5.32 Å². The Kier molecular flexibility index (Phi) is 4.61. The van der Waals surface area contributed by atoms with E-state index in [4.69, 9.17) is 21.7 Å². The maximum absolute atomic E-state index is 13.1. The molecule has 0 aliphatic carbocycles. The third-order valence-corrected chi connectivity index (χ3v) is 5.06. The van der Waals surface area contributed by atoms with Crippen LogP contribution in [0.1, 0.15) is 17.5 Å². The van der Waals surface area contributed by atoms with Gasteiger partial charge in [0.1, 0.15) is 0 Å². The summed E-state index contributed by atoms with van der Waals surface area (Å²) in [4.78, 5) is 14.9. The molecule has 1 N–H and O–H groups in total. The molecule has 1 amide bonds. The summed E-state index contributed by atoms with van der Waals surface area (Å²) in [6, 6.07) is 17.7. The van der Waals surface area contributed by atoms with E-state index in [1.807, 2.05) is 59.5 Å². The van der Waals surface area contributed by atoms with Gasteiger partial charge in [0.25, 0.3) is 5.17 Å². The quantitative estimate of drug-likeness (QED) is 0.845. The number of anilines is 1. The number of nitrogens with one attached hydrogen (secondary N) is 1. The average Bonchev–Trinajstić information content (AvgIpc) is 2.69. The van der Waals surface area contributed by atoms with Crippen molar-refractivity contribution in [3.8, 4) is 0 Å². The van der Waals surface area contributed by atoms with Crippen LogP contribution in [0.4, 0.5) is 5.69 Å². The van der Waals surface area contributed by atoms with Gasteiger partial charge in [0, 0.05) is 29.9 Å². The van der Waals surface area contributed by atoms with Crippen molar-refractivity contribution in [1.82, 2.24) is 4.90 Å². The second-order valence-corrected chi connectivity index (χ2v) is 6.79. The zero-order valence-electron chi connectivity index (χ0n) is 14.3. The second-order valence-electron chi connectivity index (χ2n) is 6.42. The SMILES string of the molecule is O=C(CC1(c2ccccc2)OC(=S)Nc2ccccc21)N1CCOCC1. The fraction of sp³-hybridized carbons (Fsp3) is 0.300.